The number of benzene rings is 4. The number of amides is 3. The lowest BCUT2D eigenvalue weighted by Gasteiger charge is -2.41. The van der Waals surface area contributed by atoms with Gasteiger partial charge in [0.1, 0.15) is 58.9 Å². The Kier molecular flexibility index (Phi) is 16.7. The lowest BCUT2D eigenvalue weighted by Crippen LogP contribution is -2.71. The quantitative estimate of drug-likeness (QED) is 0.0201. The Morgan fingerprint density at radius 1 is 0.857 bits per heavy atom. The van der Waals surface area contributed by atoms with Crippen LogP contribution in [0.15, 0.2) is 83.6 Å². The van der Waals surface area contributed by atoms with Crippen LogP contribution in [0.3, 0.4) is 0 Å². The third kappa shape index (κ3) is 11.2. The summed E-state index contributed by atoms with van der Waals surface area (Å²) in [5.74, 6) is -5.84. The Morgan fingerprint density at radius 2 is 1.60 bits per heavy atom. The predicted molar refractivity (Wildman–Crippen MR) is 292 cm³/mol. The minimum absolute atomic E-state index is 0.0190. The highest BCUT2D eigenvalue weighted by Gasteiger charge is 2.51. The number of aromatic hydroxyl groups is 2. The van der Waals surface area contributed by atoms with Gasteiger partial charge in [0, 0.05) is 85.9 Å². The third-order valence-corrected chi connectivity index (χ3v) is 15.8. The average molecular weight is 1160 g/mol. The lowest BCUT2D eigenvalue weighted by molar-refractivity contribution is -0.466. The van der Waals surface area contributed by atoms with Gasteiger partial charge in [0.25, 0.3) is 17.6 Å². The van der Waals surface area contributed by atoms with E-state index < -0.39 is 119 Å². The maximum atomic E-state index is 14.1. The summed E-state index contributed by atoms with van der Waals surface area (Å²) >= 11 is 0. The van der Waals surface area contributed by atoms with Crippen molar-refractivity contribution in [2.24, 2.45) is 0 Å². The number of phenols is 2. The topological polar surface area (TPSA) is 348 Å². The van der Waals surface area contributed by atoms with Gasteiger partial charge in [-0.05, 0) is 61.9 Å². The molecule has 24 nitrogen and oxygen atoms in total. The number of carbonyl (C=O) groups is 8. The number of aromatic amines is 1. The number of furan rings is 1. The van der Waals surface area contributed by atoms with Crippen molar-refractivity contribution in [3.05, 3.63) is 124 Å². The van der Waals surface area contributed by atoms with Crippen LogP contribution in [-0.2, 0) is 39.8 Å². The molecule has 4 aliphatic rings. The number of hydrogen-bond donors (Lipinski definition) is 7. The second-order valence-corrected chi connectivity index (χ2v) is 21.0. The average Bonchev–Trinajstić information content (AvgIpc) is 1.07. The number of H-pyrrole nitrogens is 1. The number of quaternary nitrogens is 1. The summed E-state index contributed by atoms with van der Waals surface area (Å²) in [6.45, 7) is 1.33. The van der Waals surface area contributed by atoms with Gasteiger partial charge >= 0.3 is 5.97 Å². The number of ether oxygens (including phenoxy) is 6. The van der Waals surface area contributed by atoms with E-state index in [-0.39, 0.29) is 104 Å². The molecule has 0 saturated carbocycles. The van der Waals surface area contributed by atoms with Crippen molar-refractivity contribution in [2.45, 2.75) is 81.7 Å². The summed E-state index contributed by atoms with van der Waals surface area (Å²) < 4.78 is 39.7. The Hall–Kier alpha value is -8.94. The number of aliphatic hydroxyl groups is 2. The molecule has 0 spiro atoms. The highest BCUT2D eigenvalue weighted by molar-refractivity contribution is 6.45. The van der Waals surface area contributed by atoms with Crippen LogP contribution in [0.4, 0.5) is 0 Å². The van der Waals surface area contributed by atoms with Gasteiger partial charge in [-0.2, -0.15) is 0 Å². The van der Waals surface area contributed by atoms with E-state index in [2.05, 4.69) is 16.0 Å². The number of rotatable bonds is 19. The molecule has 2 aromatic heterocycles. The van der Waals surface area contributed by atoms with E-state index in [1.807, 2.05) is 0 Å². The number of esters is 1. The summed E-state index contributed by atoms with van der Waals surface area (Å²) in [5, 5.41) is 49.4. The van der Waals surface area contributed by atoms with Crippen molar-refractivity contribution in [2.75, 3.05) is 60.2 Å². The predicted octanol–water partition coefficient (Wildman–Crippen LogP) is 3.12. The van der Waals surface area contributed by atoms with Crippen LogP contribution < -0.4 is 25.3 Å². The van der Waals surface area contributed by atoms with Crippen molar-refractivity contribution < 1.29 is 97.4 Å². The Bertz CT molecular complexity index is 3590. The van der Waals surface area contributed by atoms with Crippen LogP contribution in [0.2, 0.25) is 0 Å². The normalized spacial score (nSPS) is 21.0. The van der Waals surface area contributed by atoms with E-state index in [1.165, 1.54) is 49.8 Å². The molecule has 6 aromatic rings. The van der Waals surface area contributed by atoms with Crippen LogP contribution in [0.25, 0.3) is 22.2 Å². The van der Waals surface area contributed by atoms with E-state index in [9.17, 15) is 58.8 Å². The molecule has 10 rings (SSSR count). The fraction of sp³-hybridized carbons (Fsp3) is 0.367. The van der Waals surface area contributed by atoms with Gasteiger partial charge in [-0.15, -0.1) is 0 Å². The van der Waals surface area contributed by atoms with E-state index in [1.54, 1.807) is 60.4 Å². The molecule has 84 heavy (non-hydrogen) atoms. The van der Waals surface area contributed by atoms with Gasteiger partial charge in [0.15, 0.2) is 18.7 Å². The number of Topliss-reactive ketones (excluding diaryl/α,β-unsaturated/α-hetero) is 2. The molecule has 24 heteroatoms. The number of nitrogens with one attached hydrogen (secondary N) is 2. The molecular formula is C60H62N5O19+. The van der Waals surface area contributed by atoms with Crippen LogP contribution in [-0.4, -0.2) is 172 Å². The molecule has 9 N–H and O–H groups in total. The molecule has 2 aliphatic carbocycles. The van der Waals surface area contributed by atoms with Gasteiger partial charge in [0.05, 0.1) is 78.8 Å². The lowest BCUT2D eigenvalue weighted by atomic mass is 9.72. The summed E-state index contributed by atoms with van der Waals surface area (Å²) in [6.07, 6.45) is -2.92. The maximum Gasteiger partial charge on any atom is 0.306 e. The first kappa shape index (κ1) is 58.3. The smallest absolute Gasteiger partial charge is 0.306 e. The highest BCUT2D eigenvalue weighted by Crippen LogP contribution is 2.53. The summed E-state index contributed by atoms with van der Waals surface area (Å²) in [7, 11) is 2.78. The van der Waals surface area contributed by atoms with Crippen molar-refractivity contribution in [1.29, 1.82) is 0 Å². The van der Waals surface area contributed by atoms with Gasteiger partial charge < -0.3 is 79.1 Å². The molecule has 6 atom stereocenters. The molecule has 2 saturated heterocycles. The Morgan fingerprint density at radius 3 is 2.32 bits per heavy atom. The second kappa shape index (κ2) is 24.1. The zero-order chi connectivity index (χ0) is 59.7. The summed E-state index contributed by atoms with van der Waals surface area (Å²) in [4.78, 5) is 114. The highest BCUT2D eigenvalue weighted by atomic mass is 16.7. The monoisotopic (exact) mass is 1160 g/mol. The van der Waals surface area contributed by atoms with Gasteiger partial charge in [-0.3, -0.25) is 38.4 Å². The van der Waals surface area contributed by atoms with Crippen molar-refractivity contribution in [1.82, 2.24) is 20.1 Å². The van der Waals surface area contributed by atoms with Gasteiger partial charge in [0.2, 0.25) is 17.5 Å². The van der Waals surface area contributed by atoms with Crippen molar-refractivity contribution in [3.63, 3.8) is 0 Å². The molecule has 440 valence electrons. The number of phenolic OH excluding ortho intramolecular Hbond substituents is 2. The molecular weight excluding hydrogens is 1090 g/mol. The van der Waals surface area contributed by atoms with E-state index in [4.69, 9.17) is 32.8 Å². The second-order valence-electron chi connectivity index (χ2n) is 21.0. The molecule has 0 radical (unpaired) electrons. The summed E-state index contributed by atoms with van der Waals surface area (Å²) in [5.41, 5.74) is 1.48. The number of aromatic nitrogens is 1. The van der Waals surface area contributed by atoms with Crippen molar-refractivity contribution >= 4 is 57.7 Å². The number of methoxy groups -OCH3 is 2. The zero-order valence-electron chi connectivity index (χ0n) is 46.1. The first-order valence-electron chi connectivity index (χ1n) is 27.3. The molecule has 4 heterocycles. The third-order valence-electron chi connectivity index (χ3n) is 15.8. The number of ketones is 4. The van der Waals surface area contributed by atoms with Crippen molar-refractivity contribution in [3.8, 4) is 40.1 Å². The molecule has 3 amide bonds. The maximum absolute atomic E-state index is 14.1. The Balaban J connectivity index is 0.685. The number of fused-ring (bicyclic) bond motifs is 4. The molecule has 4 aromatic carbocycles. The number of carbonyl (C=O) groups excluding carboxylic acids is 8. The zero-order valence-corrected chi connectivity index (χ0v) is 46.1. The van der Waals surface area contributed by atoms with E-state index in [0.29, 0.717) is 39.3 Å². The van der Waals surface area contributed by atoms with Crippen LogP contribution >= 0.6 is 0 Å². The Labute approximate surface area is 479 Å². The van der Waals surface area contributed by atoms with Crippen LogP contribution in [0.1, 0.15) is 109 Å². The molecule has 1 unspecified atom stereocenters. The first-order chi connectivity index (χ1) is 40.3. The largest absolute Gasteiger partial charge is 0.507 e. The standard InChI is InChI=1S/C60H61N5O19/c1-30-52(69)37(61)25-45(83-30)84-41-27-60(77,26-35-48(41)57(74)50-49(54(35)71)53(70)34-10-5-11-39(78-2)47(34)56(50)73)42(66)29-82-44(68)14-6-13-43(67)62-17-23-80-32-9-4-8-31(24-32)58(75)64-18-20-65(21-19-64)59(76)55(72)36-28-63-51-33(38-12-7-22-81-38)15-16-40(79-3)46(36)51/h4-5,7-12,15-16,22,24,28,30,37,41,45,52,63,69,71,74,77H,6,13-14,17-21,23,25-27,29,61H2,1-3H3,(H,62,67)/p+1/t30-,37?,41-,45-,52+,60-/m0/s1. The first-order valence-corrected chi connectivity index (χ1v) is 27.3. The molecule has 2 aliphatic heterocycles. The number of aliphatic hydroxyl groups excluding tert-OH is 1. The fourth-order valence-electron chi connectivity index (χ4n) is 11.3. The summed E-state index contributed by atoms with van der Waals surface area (Å²) in [6, 6.07) is 17.2. The van der Waals surface area contributed by atoms with Crippen LogP contribution in [0, 0.1) is 0 Å². The number of piperazine rings is 1. The minimum atomic E-state index is -2.44. The van der Waals surface area contributed by atoms with E-state index in [0.717, 1.165) is 0 Å². The fourth-order valence-corrected chi connectivity index (χ4v) is 11.3. The molecule has 0 bridgehead atoms. The minimum Gasteiger partial charge on any atom is -0.507 e. The molecule has 2 fully saturated rings. The number of hydrogen-bond acceptors (Lipinski definition) is 19. The van der Waals surface area contributed by atoms with Gasteiger partial charge in [-0.25, -0.2) is 0 Å². The number of nitrogens with zero attached hydrogens (tertiary/aromatic N) is 2. The SMILES string of the molecule is COc1cccc2c1C(=O)c1c(O)c3c(c(O)c1C2=O)C[C@@](O)(C(=O)COC(=O)CCCC(=O)NCCOc1cccc(C(=O)N2CCN(C(=O)C(=O)c4c[nH]c5c(-c6ccco6)ccc(OC)c45)CC2)c1)C[C@@H]3O[C@H]1CC([NH3+])[C@H](O)[C@H](C)O1. The van der Waals surface area contributed by atoms with Crippen LogP contribution in [0.5, 0.6) is 28.7 Å². The van der Waals surface area contributed by atoms with Gasteiger partial charge in [-0.1, -0.05) is 18.2 Å². The van der Waals surface area contributed by atoms with E-state index >= 15 is 0 Å².